The van der Waals surface area contributed by atoms with E-state index in [2.05, 4.69) is 21.2 Å². The molecule has 1 unspecified atom stereocenters. The maximum Gasteiger partial charge on any atom is 0.251 e. The normalized spacial score (nSPS) is 12.2. The van der Waals surface area contributed by atoms with Crippen LogP contribution in [0.4, 0.5) is 0 Å². The van der Waals surface area contributed by atoms with Crippen molar-refractivity contribution < 1.29 is 9.90 Å². The summed E-state index contributed by atoms with van der Waals surface area (Å²) >= 11 is 3.40. The van der Waals surface area contributed by atoms with Gasteiger partial charge < -0.3 is 10.4 Å². The summed E-state index contributed by atoms with van der Waals surface area (Å²) in [6.07, 6.45) is 1.19. The van der Waals surface area contributed by atoms with Gasteiger partial charge in [-0.25, -0.2) is 0 Å². The van der Waals surface area contributed by atoms with Crippen LogP contribution in [0.1, 0.15) is 35.7 Å². The molecule has 4 heteroatoms. The van der Waals surface area contributed by atoms with Crippen LogP contribution in [0.25, 0.3) is 0 Å². The molecule has 0 fully saturated rings. The lowest BCUT2D eigenvalue weighted by Gasteiger charge is -2.07. The predicted molar refractivity (Wildman–Crippen MR) is 72.1 cm³/mol. The first-order chi connectivity index (χ1) is 8.00. The van der Waals surface area contributed by atoms with Crippen molar-refractivity contribution in [2.45, 2.75) is 32.8 Å². The first-order valence-corrected chi connectivity index (χ1v) is 6.52. The Morgan fingerprint density at radius 1 is 1.53 bits per heavy atom. The average molecular weight is 300 g/mol. The highest BCUT2D eigenvalue weighted by atomic mass is 79.9. The molecule has 0 saturated carbocycles. The lowest BCUT2D eigenvalue weighted by atomic mass is 10.1. The number of aryl methyl sites for hydroxylation is 1. The second-order valence-electron chi connectivity index (χ2n) is 4.21. The van der Waals surface area contributed by atoms with E-state index in [1.165, 1.54) is 0 Å². The second kappa shape index (κ2) is 6.77. The number of aliphatic hydroxyl groups is 1. The molecule has 1 atom stereocenters. The fourth-order valence-corrected chi connectivity index (χ4v) is 1.73. The molecular formula is C13H18BrNO2. The summed E-state index contributed by atoms with van der Waals surface area (Å²) < 4.78 is 1.00. The standard InChI is InChI=1S/C13H18BrNO2/c1-9-8-11(5-6-12(9)14)13(17)15-7-3-4-10(2)16/h5-6,8,10,16H,3-4,7H2,1-2H3,(H,15,17). The summed E-state index contributed by atoms with van der Waals surface area (Å²) in [4.78, 5) is 11.8. The van der Waals surface area contributed by atoms with Gasteiger partial charge in [0, 0.05) is 16.6 Å². The van der Waals surface area contributed by atoms with Crippen LogP contribution in [-0.2, 0) is 0 Å². The van der Waals surface area contributed by atoms with Gasteiger partial charge in [0.15, 0.2) is 0 Å². The first-order valence-electron chi connectivity index (χ1n) is 5.73. The van der Waals surface area contributed by atoms with E-state index in [9.17, 15) is 4.79 Å². The van der Waals surface area contributed by atoms with Crippen LogP contribution < -0.4 is 5.32 Å². The van der Waals surface area contributed by atoms with Crippen molar-refractivity contribution >= 4 is 21.8 Å². The van der Waals surface area contributed by atoms with E-state index in [4.69, 9.17) is 5.11 Å². The fraction of sp³-hybridized carbons (Fsp3) is 0.462. The Balaban J connectivity index is 2.44. The van der Waals surface area contributed by atoms with E-state index < -0.39 is 0 Å². The first kappa shape index (κ1) is 14.2. The summed E-state index contributed by atoms with van der Waals surface area (Å²) in [5, 5.41) is 11.9. The molecule has 0 heterocycles. The summed E-state index contributed by atoms with van der Waals surface area (Å²) in [7, 11) is 0. The Bertz CT molecular complexity index is 391. The summed E-state index contributed by atoms with van der Waals surface area (Å²) in [5.41, 5.74) is 1.71. The van der Waals surface area contributed by atoms with E-state index in [1.807, 2.05) is 19.1 Å². The zero-order valence-corrected chi connectivity index (χ0v) is 11.8. The molecule has 17 heavy (non-hydrogen) atoms. The van der Waals surface area contributed by atoms with Gasteiger partial charge in [-0.15, -0.1) is 0 Å². The SMILES string of the molecule is Cc1cc(C(=O)NCCCC(C)O)ccc1Br. The van der Waals surface area contributed by atoms with Gasteiger partial charge >= 0.3 is 0 Å². The van der Waals surface area contributed by atoms with Gasteiger partial charge in [-0.2, -0.15) is 0 Å². The topological polar surface area (TPSA) is 49.3 Å². The summed E-state index contributed by atoms with van der Waals surface area (Å²) in [6.45, 7) is 4.30. The van der Waals surface area contributed by atoms with E-state index in [0.717, 1.165) is 16.5 Å². The van der Waals surface area contributed by atoms with Gasteiger partial charge in [0.1, 0.15) is 0 Å². The van der Waals surface area contributed by atoms with Crippen molar-refractivity contribution in [3.05, 3.63) is 33.8 Å². The minimum atomic E-state index is -0.304. The number of aliphatic hydroxyl groups excluding tert-OH is 1. The van der Waals surface area contributed by atoms with E-state index in [-0.39, 0.29) is 12.0 Å². The number of hydrogen-bond donors (Lipinski definition) is 2. The predicted octanol–water partition coefficient (Wildman–Crippen LogP) is 2.65. The number of halogens is 1. The number of amides is 1. The summed E-state index contributed by atoms with van der Waals surface area (Å²) in [6, 6.07) is 5.52. The van der Waals surface area contributed by atoms with Crippen molar-refractivity contribution in [3.63, 3.8) is 0 Å². The number of benzene rings is 1. The Morgan fingerprint density at radius 2 is 2.24 bits per heavy atom. The van der Waals surface area contributed by atoms with Gasteiger partial charge in [0.05, 0.1) is 6.10 Å². The van der Waals surface area contributed by atoms with Crippen LogP contribution in [0.2, 0.25) is 0 Å². The monoisotopic (exact) mass is 299 g/mol. The number of rotatable bonds is 5. The van der Waals surface area contributed by atoms with Crippen molar-refractivity contribution in [2.24, 2.45) is 0 Å². The van der Waals surface area contributed by atoms with E-state index in [1.54, 1.807) is 13.0 Å². The van der Waals surface area contributed by atoms with Crippen LogP contribution >= 0.6 is 15.9 Å². The van der Waals surface area contributed by atoms with E-state index >= 15 is 0 Å². The molecule has 0 saturated heterocycles. The van der Waals surface area contributed by atoms with Gasteiger partial charge in [0.2, 0.25) is 0 Å². The highest BCUT2D eigenvalue weighted by Crippen LogP contribution is 2.16. The molecule has 0 aliphatic heterocycles. The molecule has 0 aromatic heterocycles. The van der Waals surface area contributed by atoms with Crippen molar-refractivity contribution in [1.82, 2.24) is 5.32 Å². The minimum absolute atomic E-state index is 0.0637. The number of nitrogens with one attached hydrogen (secondary N) is 1. The molecule has 0 aliphatic carbocycles. The van der Waals surface area contributed by atoms with Crippen LogP contribution in [0, 0.1) is 6.92 Å². The zero-order valence-electron chi connectivity index (χ0n) is 10.2. The van der Waals surface area contributed by atoms with Gasteiger partial charge in [0.25, 0.3) is 5.91 Å². The fourth-order valence-electron chi connectivity index (χ4n) is 1.49. The molecule has 3 nitrogen and oxygen atoms in total. The Morgan fingerprint density at radius 3 is 2.82 bits per heavy atom. The van der Waals surface area contributed by atoms with E-state index in [0.29, 0.717) is 18.5 Å². The number of carbonyl (C=O) groups excluding carboxylic acids is 1. The van der Waals surface area contributed by atoms with Crippen LogP contribution in [0.15, 0.2) is 22.7 Å². The van der Waals surface area contributed by atoms with Crippen LogP contribution in [0.5, 0.6) is 0 Å². The highest BCUT2D eigenvalue weighted by molar-refractivity contribution is 9.10. The third-order valence-corrected chi connectivity index (χ3v) is 3.39. The number of hydrogen-bond acceptors (Lipinski definition) is 2. The summed E-state index contributed by atoms with van der Waals surface area (Å²) in [5.74, 6) is -0.0637. The van der Waals surface area contributed by atoms with Crippen molar-refractivity contribution in [2.75, 3.05) is 6.54 Å². The molecule has 1 amide bonds. The van der Waals surface area contributed by atoms with Crippen LogP contribution in [0.3, 0.4) is 0 Å². The molecule has 0 radical (unpaired) electrons. The maximum absolute atomic E-state index is 11.8. The maximum atomic E-state index is 11.8. The molecule has 1 aromatic rings. The quantitative estimate of drug-likeness (QED) is 0.821. The molecule has 2 N–H and O–H groups in total. The molecule has 94 valence electrons. The molecule has 0 bridgehead atoms. The molecule has 1 aromatic carbocycles. The largest absolute Gasteiger partial charge is 0.393 e. The highest BCUT2D eigenvalue weighted by Gasteiger charge is 2.06. The van der Waals surface area contributed by atoms with Gasteiger partial charge in [-0.1, -0.05) is 15.9 Å². The third kappa shape index (κ3) is 4.88. The third-order valence-electron chi connectivity index (χ3n) is 2.50. The number of carbonyl (C=O) groups is 1. The van der Waals surface area contributed by atoms with Gasteiger partial charge in [-0.3, -0.25) is 4.79 Å². The smallest absolute Gasteiger partial charge is 0.251 e. The zero-order chi connectivity index (χ0) is 12.8. The second-order valence-corrected chi connectivity index (χ2v) is 5.07. The van der Waals surface area contributed by atoms with Crippen molar-refractivity contribution in [1.29, 1.82) is 0 Å². The minimum Gasteiger partial charge on any atom is -0.393 e. The molecular weight excluding hydrogens is 282 g/mol. The Kier molecular flexibility index (Phi) is 5.65. The lowest BCUT2D eigenvalue weighted by Crippen LogP contribution is -2.25. The lowest BCUT2D eigenvalue weighted by molar-refractivity contribution is 0.0949. The van der Waals surface area contributed by atoms with Crippen LogP contribution in [-0.4, -0.2) is 23.7 Å². The van der Waals surface area contributed by atoms with Crippen molar-refractivity contribution in [3.8, 4) is 0 Å². The Labute approximate surface area is 110 Å². The Hall–Kier alpha value is -0.870. The molecule has 0 spiro atoms. The average Bonchev–Trinajstić information content (AvgIpc) is 2.27. The molecule has 0 aliphatic rings. The van der Waals surface area contributed by atoms with Gasteiger partial charge in [-0.05, 0) is 50.5 Å². The molecule has 1 rings (SSSR count).